The van der Waals surface area contributed by atoms with Crippen LogP contribution >= 0.6 is 0 Å². The van der Waals surface area contributed by atoms with Gasteiger partial charge >= 0.3 is 0 Å². The lowest BCUT2D eigenvalue weighted by molar-refractivity contribution is -0.359. The van der Waals surface area contributed by atoms with Crippen molar-refractivity contribution in [2.75, 3.05) is 19.8 Å². The van der Waals surface area contributed by atoms with Gasteiger partial charge in [0.05, 0.1) is 32.0 Å². The molecule has 2 heterocycles. The van der Waals surface area contributed by atoms with Gasteiger partial charge in [-0.15, -0.1) is 0 Å². The van der Waals surface area contributed by atoms with Crippen LogP contribution in [0, 0.1) is 0 Å². The zero-order chi connectivity index (χ0) is 71.5. The van der Waals surface area contributed by atoms with Crippen LogP contribution in [-0.4, -0.2) is 140 Å². The van der Waals surface area contributed by atoms with Gasteiger partial charge in [0.1, 0.15) is 48.8 Å². The number of rotatable bonds is 65. The van der Waals surface area contributed by atoms with E-state index in [9.17, 15) is 45.6 Å². The number of allylic oxidation sites excluding steroid dienone is 21. The Labute approximate surface area is 602 Å². The molecule has 99 heavy (non-hydrogen) atoms. The van der Waals surface area contributed by atoms with Crippen molar-refractivity contribution in [1.82, 2.24) is 5.32 Å². The van der Waals surface area contributed by atoms with Crippen molar-refractivity contribution >= 4 is 5.91 Å². The molecule has 14 heteroatoms. The molecule has 0 aromatic rings. The fourth-order valence-electron chi connectivity index (χ4n) is 12.3. The highest BCUT2D eigenvalue weighted by Crippen LogP contribution is 2.30. The fourth-order valence-corrected chi connectivity index (χ4v) is 12.3. The average molecular weight is 1390 g/mol. The van der Waals surface area contributed by atoms with Crippen molar-refractivity contribution < 1.29 is 64.6 Å². The summed E-state index contributed by atoms with van der Waals surface area (Å²) in [6.07, 6.45) is 83.8. The molecule has 2 saturated heterocycles. The first-order valence-electron chi connectivity index (χ1n) is 39.9. The number of amides is 1. The third kappa shape index (κ3) is 50.2. The molecule has 1 amide bonds. The number of hydrogen-bond donors (Lipinski definition) is 9. The lowest BCUT2D eigenvalue weighted by Gasteiger charge is -2.46. The summed E-state index contributed by atoms with van der Waals surface area (Å²) in [5.74, 6) is -0.254. The highest BCUT2D eigenvalue weighted by Gasteiger charge is 2.51. The second-order valence-electron chi connectivity index (χ2n) is 27.4. The van der Waals surface area contributed by atoms with E-state index in [1.54, 1.807) is 6.08 Å². The largest absolute Gasteiger partial charge is 0.394 e. The molecule has 9 N–H and O–H groups in total. The van der Waals surface area contributed by atoms with Gasteiger partial charge in [0.25, 0.3) is 0 Å². The van der Waals surface area contributed by atoms with Crippen molar-refractivity contribution in [3.05, 3.63) is 134 Å². The van der Waals surface area contributed by atoms with Gasteiger partial charge in [0.2, 0.25) is 5.91 Å². The number of carbonyl (C=O) groups is 1. The predicted octanol–water partition coefficient (Wildman–Crippen LogP) is 18.2. The van der Waals surface area contributed by atoms with Crippen LogP contribution in [-0.2, 0) is 23.7 Å². The molecule has 2 rings (SSSR count). The average Bonchev–Trinajstić information content (AvgIpc) is 0.799. The quantitative estimate of drug-likeness (QED) is 0.0204. The molecule has 0 aromatic heterocycles. The molecule has 2 aliphatic rings. The highest BCUT2D eigenvalue weighted by molar-refractivity contribution is 5.76. The molecular weight excluding hydrogens is 1240 g/mol. The third-order valence-corrected chi connectivity index (χ3v) is 18.5. The Morgan fingerprint density at radius 2 is 0.707 bits per heavy atom. The molecule has 0 spiro atoms. The van der Waals surface area contributed by atoms with Crippen molar-refractivity contribution in [3.8, 4) is 0 Å². The summed E-state index contributed by atoms with van der Waals surface area (Å²) in [5.41, 5.74) is 0. The van der Waals surface area contributed by atoms with E-state index in [0.29, 0.717) is 12.8 Å². The minimum absolute atomic E-state index is 0.254. The summed E-state index contributed by atoms with van der Waals surface area (Å²) >= 11 is 0. The van der Waals surface area contributed by atoms with Crippen LogP contribution in [0.2, 0.25) is 0 Å². The van der Waals surface area contributed by atoms with Crippen LogP contribution in [0.3, 0.4) is 0 Å². The van der Waals surface area contributed by atoms with E-state index in [0.717, 1.165) is 96.3 Å². The molecule has 568 valence electrons. The second kappa shape index (κ2) is 67.3. The minimum Gasteiger partial charge on any atom is -0.394 e. The molecule has 14 nitrogen and oxygen atoms in total. The first kappa shape index (κ1) is 91.2. The van der Waals surface area contributed by atoms with Gasteiger partial charge in [-0.3, -0.25) is 4.79 Å². The Morgan fingerprint density at radius 1 is 0.374 bits per heavy atom. The Bertz CT molecular complexity index is 2180. The standard InChI is InChI=1S/C85H145NO13/c1-3-5-7-9-11-13-15-17-19-21-23-25-27-29-30-31-32-33-34-35-36-37-38-39-40-41-42-43-44-45-47-49-51-53-55-57-59-61-63-65-67-69-77(90)86-73(72-96-84-82(95)80(93)83(76(71-88)98-84)99-85-81(94)79(92)78(91)75(70-87)97-85)74(89)68-66-64-62-60-58-56-54-52-50-48-46-28-26-24-22-20-18-16-14-12-10-8-6-4-2/h5,7,11,13,17,19,23,25,29-30,32-33,35-36,38-39,50,52,58,60,66,68,73-76,78-85,87-89,91-95H,3-4,6,8-10,12,14-16,18,20-22,24,26-28,31,34,37,40-49,51,53-57,59,61-65,67,69-72H2,1-2H3,(H,86,90)/b7-5-,13-11-,19-17-,25-23-,30-29-,33-32-,36-35-,39-38-,52-50+,60-58+,68-66+. The van der Waals surface area contributed by atoms with Crippen LogP contribution in [0.4, 0.5) is 0 Å². The molecule has 12 unspecified atom stereocenters. The van der Waals surface area contributed by atoms with E-state index in [1.807, 2.05) is 6.08 Å². The number of ether oxygens (including phenoxy) is 4. The molecule has 2 aliphatic heterocycles. The zero-order valence-electron chi connectivity index (χ0n) is 62.2. The normalized spacial score (nSPS) is 22.7. The molecule has 0 bridgehead atoms. The Morgan fingerprint density at radius 3 is 1.11 bits per heavy atom. The van der Waals surface area contributed by atoms with E-state index in [2.05, 4.69) is 141 Å². The Balaban J connectivity index is 1.62. The Kier molecular flexibility index (Phi) is 62.0. The summed E-state index contributed by atoms with van der Waals surface area (Å²) in [7, 11) is 0. The van der Waals surface area contributed by atoms with Gasteiger partial charge in [-0.2, -0.15) is 0 Å². The van der Waals surface area contributed by atoms with E-state index in [4.69, 9.17) is 18.9 Å². The van der Waals surface area contributed by atoms with Gasteiger partial charge in [-0.05, 0) is 109 Å². The van der Waals surface area contributed by atoms with Gasteiger partial charge in [-0.1, -0.05) is 321 Å². The third-order valence-electron chi connectivity index (χ3n) is 18.5. The van der Waals surface area contributed by atoms with Crippen molar-refractivity contribution in [2.24, 2.45) is 0 Å². The fraction of sp³-hybridized carbons (Fsp3) is 0.729. The molecule has 12 atom stereocenters. The molecular formula is C85H145NO13. The maximum Gasteiger partial charge on any atom is 0.220 e. The molecule has 0 radical (unpaired) electrons. The molecule has 2 fully saturated rings. The first-order chi connectivity index (χ1) is 48.6. The number of aliphatic hydroxyl groups excluding tert-OH is 8. The zero-order valence-corrected chi connectivity index (χ0v) is 62.2. The number of unbranched alkanes of at least 4 members (excludes halogenated alkanes) is 32. The van der Waals surface area contributed by atoms with Gasteiger partial charge in [0.15, 0.2) is 12.6 Å². The van der Waals surface area contributed by atoms with Crippen LogP contribution in [0.25, 0.3) is 0 Å². The number of hydrogen-bond acceptors (Lipinski definition) is 13. The van der Waals surface area contributed by atoms with E-state index >= 15 is 0 Å². The smallest absolute Gasteiger partial charge is 0.220 e. The van der Waals surface area contributed by atoms with E-state index in [-0.39, 0.29) is 18.9 Å². The first-order valence-corrected chi connectivity index (χ1v) is 39.9. The SMILES string of the molecule is CC/C=C\C/C=C\C/C=C\C/C=C\C/C=C\C/C=C\C/C=C\C/C=C\CCCCCCCCCCCCCCCCCCC(=O)NC(COC1OC(CO)C(OC2OC(CO)C(O)C(O)C2O)C(O)C1O)C(O)/C=C/CC/C=C/CC/C=C/CCCCCCCCCCCCCCCC. The molecule has 0 aliphatic carbocycles. The lowest BCUT2D eigenvalue weighted by atomic mass is 9.97. The monoisotopic (exact) mass is 1390 g/mol. The van der Waals surface area contributed by atoms with Crippen LogP contribution in [0.5, 0.6) is 0 Å². The summed E-state index contributed by atoms with van der Waals surface area (Å²) in [6, 6.07) is -0.947. The maximum absolute atomic E-state index is 13.4. The second-order valence-corrected chi connectivity index (χ2v) is 27.4. The van der Waals surface area contributed by atoms with Crippen molar-refractivity contribution in [3.63, 3.8) is 0 Å². The summed E-state index contributed by atoms with van der Waals surface area (Å²) < 4.78 is 22.9. The molecule has 0 aromatic carbocycles. The van der Waals surface area contributed by atoms with Crippen LogP contribution < -0.4 is 5.32 Å². The lowest BCUT2D eigenvalue weighted by Crippen LogP contribution is -2.65. The number of nitrogens with one attached hydrogen (secondary N) is 1. The summed E-state index contributed by atoms with van der Waals surface area (Å²) in [4.78, 5) is 13.4. The van der Waals surface area contributed by atoms with Gasteiger partial charge in [-0.25, -0.2) is 0 Å². The maximum atomic E-state index is 13.4. The topological polar surface area (TPSA) is 228 Å². The number of carbonyl (C=O) groups excluding carboxylic acids is 1. The van der Waals surface area contributed by atoms with Crippen LogP contribution in [0.15, 0.2) is 134 Å². The van der Waals surface area contributed by atoms with E-state index in [1.165, 1.54) is 173 Å². The van der Waals surface area contributed by atoms with Crippen LogP contribution in [0.1, 0.15) is 303 Å². The Hall–Kier alpha value is -3.87. The summed E-state index contributed by atoms with van der Waals surface area (Å²) in [5, 5.41) is 87.6. The van der Waals surface area contributed by atoms with Crippen molar-refractivity contribution in [2.45, 2.75) is 376 Å². The number of aliphatic hydroxyl groups is 8. The van der Waals surface area contributed by atoms with E-state index < -0.39 is 86.8 Å². The summed E-state index contributed by atoms with van der Waals surface area (Å²) in [6.45, 7) is 2.68. The molecule has 0 saturated carbocycles. The van der Waals surface area contributed by atoms with Gasteiger partial charge < -0.3 is 65.1 Å². The highest BCUT2D eigenvalue weighted by atomic mass is 16.7. The van der Waals surface area contributed by atoms with Crippen molar-refractivity contribution in [1.29, 1.82) is 0 Å². The van der Waals surface area contributed by atoms with Gasteiger partial charge in [0, 0.05) is 6.42 Å². The predicted molar refractivity (Wildman–Crippen MR) is 410 cm³/mol. The minimum atomic E-state index is -1.80.